The van der Waals surface area contributed by atoms with Crippen molar-refractivity contribution in [1.29, 1.82) is 0 Å². The van der Waals surface area contributed by atoms with Crippen molar-refractivity contribution in [3.63, 3.8) is 0 Å². The van der Waals surface area contributed by atoms with Crippen molar-refractivity contribution < 1.29 is 22.4 Å². The molecule has 0 heterocycles. The van der Waals surface area contributed by atoms with Gasteiger partial charge in [0.25, 0.3) is 0 Å². The average molecular weight is 339 g/mol. The molecule has 1 aromatic carbocycles. The number of nitrogens with two attached hydrogens (primary N) is 3. The highest BCUT2D eigenvalue weighted by molar-refractivity contribution is 7.89. The maximum Gasteiger partial charge on any atom is 0.245 e. The van der Waals surface area contributed by atoms with Gasteiger partial charge in [-0.05, 0) is 12.1 Å². The van der Waals surface area contributed by atoms with Crippen LogP contribution in [0.3, 0.4) is 0 Å². The minimum atomic E-state index is -4.41. The van der Waals surface area contributed by atoms with E-state index in [9.17, 15) is 22.4 Å². The van der Waals surface area contributed by atoms with Crippen molar-refractivity contribution in [3.8, 4) is 0 Å². The van der Waals surface area contributed by atoms with Crippen LogP contribution in [0.1, 0.15) is 0 Å². The first-order valence-corrected chi connectivity index (χ1v) is 7.18. The van der Waals surface area contributed by atoms with Gasteiger partial charge in [0.1, 0.15) is 10.7 Å². The Kier molecular flexibility index (Phi) is 5.10. The molecule has 0 unspecified atom stereocenters. The highest BCUT2D eigenvalue weighted by atomic mass is 35.5. The van der Waals surface area contributed by atoms with E-state index in [0.29, 0.717) is 10.4 Å². The van der Waals surface area contributed by atoms with Crippen molar-refractivity contribution in [3.05, 3.63) is 23.0 Å². The van der Waals surface area contributed by atoms with Gasteiger partial charge in [-0.25, -0.2) is 12.8 Å². The molecule has 0 aliphatic carbocycles. The molecule has 2 amide bonds. The largest absolute Gasteiger partial charge is 0.396 e. The Hall–Kier alpha value is -1.91. The monoisotopic (exact) mass is 338 g/mol. The number of carbonyl (C=O) groups excluding carboxylic acids is 2. The maximum atomic E-state index is 13.2. The summed E-state index contributed by atoms with van der Waals surface area (Å²) in [6.45, 7) is -1.59. The fourth-order valence-electron chi connectivity index (χ4n) is 1.46. The number of sulfonamides is 1. The SMILES string of the molecule is NC(=O)CN(CC(N)=O)S(=O)(=O)c1cc(N)c(F)cc1Cl. The van der Waals surface area contributed by atoms with Gasteiger partial charge in [-0.3, -0.25) is 9.59 Å². The zero-order valence-corrected chi connectivity index (χ0v) is 12.1. The standard InChI is InChI=1S/C10H12ClFN4O4S/c11-5-1-6(12)7(13)2-8(5)21(19,20)16(3-9(14)17)4-10(15)18/h1-2H,3-4,13H2,(H2,14,17)(H2,15,18). The highest BCUT2D eigenvalue weighted by Crippen LogP contribution is 2.28. The number of halogens is 2. The summed E-state index contributed by atoms with van der Waals surface area (Å²) in [5, 5.41) is -0.458. The second-order valence-corrected chi connectivity index (χ2v) is 6.32. The lowest BCUT2D eigenvalue weighted by Crippen LogP contribution is -2.43. The molecule has 0 radical (unpaired) electrons. The molecule has 21 heavy (non-hydrogen) atoms. The molecule has 0 aliphatic heterocycles. The number of benzene rings is 1. The van der Waals surface area contributed by atoms with Crippen molar-refractivity contribution in [2.24, 2.45) is 11.5 Å². The highest BCUT2D eigenvalue weighted by Gasteiger charge is 2.30. The van der Waals surface area contributed by atoms with Gasteiger partial charge < -0.3 is 17.2 Å². The molecule has 11 heteroatoms. The lowest BCUT2D eigenvalue weighted by molar-refractivity contribution is -0.120. The second-order valence-electron chi connectivity index (χ2n) is 4.01. The lowest BCUT2D eigenvalue weighted by Gasteiger charge is -2.20. The summed E-state index contributed by atoms with van der Waals surface area (Å²) in [7, 11) is -4.41. The molecule has 0 fully saturated rings. The predicted octanol–water partition coefficient (Wildman–Crippen LogP) is -0.977. The summed E-state index contributed by atoms with van der Waals surface area (Å²) in [4.78, 5) is 21.3. The van der Waals surface area contributed by atoms with Crippen molar-refractivity contribution >= 4 is 39.1 Å². The lowest BCUT2D eigenvalue weighted by atomic mass is 10.3. The van der Waals surface area contributed by atoms with Crippen LogP contribution in [0.4, 0.5) is 10.1 Å². The van der Waals surface area contributed by atoms with Gasteiger partial charge in [0.15, 0.2) is 0 Å². The van der Waals surface area contributed by atoms with E-state index >= 15 is 0 Å². The third kappa shape index (κ3) is 4.03. The molecule has 1 rings (SSSR count). The number of carbonyl (C=O) groups is 2. The van der Waals surface area contributed by atoms with Gasteiger partial charge in [-0.2, -0.15) is 4.31 Å². The molecule has 0 aromatic heterocycles. The molecule has 8 nitrogen and oxygen atoms in total. The van der Waals surface area contributed by atoms with Gasteiger partial charge in [0.2, 0.25) is 21.8 Å². The van der Waals surface area contributed by atoms with Crippen molar-refractivity contribution in [2.45, 2.75) is 4.90 Å². The second kappa shape index (κ2) is 6.24. The van der Waals surface area contributed by atoms with E-state index in [4.69, 9.17) is 28.8 Å². The molecular formula is C10H12ClFN4O4S. The molecule has 6 N–H and O–H groups in total. The molecule has 0 atom stereocenters. The number of nitrogen functional groups attached to an aromatic ring is 1. The first-order valence-electron chi connectivity index (χ1n) is 5.37. The third-order valence-electron chi connectivity index (χ3n) is 2.33. The number of nitrogens with zero attached hydrogens (tertiary/aromatic N) is 1. The molecular weight excluding hydrogens is 327 g/mol. The molecule has 0 aliphatic rings. The first-order chi connectivity index (χ1) is 9.55. The number of anilines is 1. The third-order valence-corrected chi connectivity index (χ3v) is 4.59. The van der Waals surface area contributed by atoms with Crippen LogP contribution in [0.15, 0.2) is 17.0 Å². The Morgan fingerprint density at radius 3 is 2.10 bits per heavy atom. The van der Waals surface area contributed by atoms with Crippen LogP contribution in [0.2, 0.25) is 5.02 Å². The van der Waals surface area contributed by atoms with Gasteiger partial charge in [-0.15, -0.1) is 0 Å². The smallest absolute Gasteiger partial charge is 0.245 e. The zero-order chi connectivity index (χ0) is 16.4. The van der Waals surface area contributed by atoms with Crippen LogP contribution in [-0.2, 0) is 19.6 Å². The minimum absolute atomic E-state index is 0.427. The quantitative estimate of drug-likeness (QED) is 0.570. The fraction of sp³-hybridized carbons (Fsp3) is 0.200. The topological polar surface area (TPSA) is 150 Å². The van der Waals surface area contributed by atoms with E-state index in [2.05, 4.69) is 0 Å². The van der Waals surface area contributed by atoms with Crippen LogP contribution in [-0.4, -0.2) is 37.6 Å². The molecule has 116 valence electrons. The Bertz CT molecular complexity index is 679. The number of hydrogen-bond donors (Lipinski definition) is 3. The van der Waals surface area contributed by atoms with Crippen molar-refractivity contribution in [1.82, 2.24) is 4.31 Å². The van der Waals surface area contributed by atoms with E-state index in [0.717, 1.165) is 6.07 Å². The minimum Gasteiger partial charge on any atom is -0.396 e. The van der Waals surface area contributed by atoms with Gasteiger partial charge >= 0.3 is 0 Å². The zero-order valence-electron chi connectivity index (χ0n) is 10.5. The molecule has 0 spiro atoms. The number of primary amides is 2. The normalized spacial score (nSPS) is 11.6. The molecule has 0 saturated carbocycles. The summed E-state index contributed by atoms with van der Waals surface area (Å²) in [6, 6.07) is 1.48. The van der Waals surface area contributed by atoms with E-state index in [1.165, 1.54) is 0 Å². The molecule has 1 aromatic rings. The van der Waals surface area contributed by atoms with E-state index in [1.54, 1.807) is 0 Å². The Morgan fingerprint density at radius 1 is 1.19 bits per heavy atom. The number of rotatable bonds is 6. The number of hydrogen-bond acceptors (Lipinski definition) is 5. The summed E-state index contributed by atoms with van der Waals surface area (Å²) < 4.78 is 38.3. The Balaban J connectivity index is 3.38. The van der Waals surface area contributed by atoms with Crippen LogP contribution >= 0.6 is 11.6 Å². The first kappa shape index (κ1) is 17.1. The van der Waals surface area contributed by atoms with E-state index < -0.39 is 56.3 Å². The van der Waals surface area contributed by atoms with Crippen LogP contribution in [0.5, 0.6) is 0 Å². The summed E-state index contributed by atoms with van der Waals surface area (Å²) in [5.41, 5.74) is 14.7. The van der Waals surface area contributed by atoms with Gasteiger partial charge in [-0.1, -0.05) is 11.6 Å². The number of amides is 2. The van der Waals surface area contributed by atoms with Crippen LogP contribution in [0, 0.1) is 5.82 Å². The summed E-state index contributed by atoms with van der Waals surface area (Å²) in [5.74, 6) is -2.92. The van der Waals surface area contributed by atoms with Gasteiger partial charge in [0.05, 0.1) is 23.8 Å². The van der Waals surface area contributed by atoms with Gasteiger partial charge in [0, 0.05) is 0 Å². The molecule has 0 saturated heterocycles. The molecule has 0 bridgehead atoms. The average Bonchev–Trinajstić information content (AvgIpc) is 2.31. The van der Waals surface area contributed by atoms with E-state index in [1.807, 2.05) is 0 Å². The van der Waals surface area contributed by atoms with Crippen LogP contribution in [0.25, 0.3) is 0 Å². The van der Waals surface area contributed by atoms with E-state index in [-0.39, 0.29) is 0 Å². The van der Waals surface area contributed by atoms with Crippen molar-refractivity contribution in [2.75, 3.05) is 18.8 Å². The Labute approximate surface area is 124 Å². The summed E-state index contributed by atoms with van der Waals surface area (Å²) in [6.07, 6.45) is 0. The Morgan fingerprint density at radius 2 is 1.67 bits per heavy atom. The van der Waals surface area contributed by atoms with Crippen LogP contribution < -0.4 is 17.2 Å². The maximum absolute atomic E-state index is 13.2. The predicted molar refractivity (Wildman–Crippen MR) is 73.0 cm³/mol. The summed E-state index contributed by atoms with van der Waals surface area (Å²) >= 11 is 5.67. The fourth-order valence-corrected chi connectivity index (χ4v) is 3.35.